The number of hydrogen-bond donors (Lipinski definition) is 0. The van der Waals surface area contributed by atoms with Crippen LogP contribution in [0.15, 0.2) is 140 Å². The maximum Gasteiger partial charge on any atom is 0.330 e. The maximum atomic E-state index is 14.5. The van der Waals surface area contributed by atoms with Gasteiger partial charge >= 0.3 is 17.9 Å². The fourth-order valence-electron chi connectivity index (χ4n) is 7.50. The number of hydrogen-bond acceptors (Lipinski definition) is 10. The van der Waals surface area contributed by atoms with Crippen LogP contribution in [0, 0.1) is 5.92 Å². The van der Waals surface area contributed by atoms with Crippen molar-refractivity contribution in [2.45, 2.75) is 50.5 Å². The molecule has 0 saturated carbocycles. The molecule has 0 fully saturated rings. The van der Waals surface area contributed by atoms with E-state index in [0.29, 0.717) is 48.7 Å². The number of benzene rings is 5. The predicted octanol–water partition coefficient (Wildman–Crippen LogP) is 14.6. The molecule has 10 nitrogen and oxygen atoms in total. The summed E-state index contributed by atoms with van der Waals surface area (Å²) in [6.07, 6.45) is 1.95. The fraction of sp³-hybridized carbons (Fsp3) is 0.315. The minimum absolute atomic E-state index is 0.0284. The second-order valence-electron chi connectivity index (χ2n) is 16.7. The van der Waals surface area contributed by atoms with E-state index in [0.717, 1.165) is 55.3 Å². The van der Waals surface area contributed by atoms with Crippen molar-refractivity contribution in [2.24, 2.45) is 5.92 Å². The largest absolute Gasteiger partial charge is 0.491 e. The van der Waals surface area contributed by atoms with Gasteiger partial charge in [0.05, 0.1) is 62.8 Å². The van der Waals surface area contributed by atoms with Crippen LogP contribution in [-0.2, 0) is 48.9 Å². The summed E-state index contributed by atoms with van der Waals surface area (Å²) in [5.41, 5.74) is 2.70. The standard InChI is InChI=1S/C54H53Br4Cl3O10/c1-6-34(30-65-21-23-67-48(62)7-2)31-69-51-44(55)25-38(26-45(51)56)53(4,5)39-27-46(57)52(47(58)28-39)70-33-43(32-66-22-24-68-49(63)8-3)71-50(64)29-54(35-9-15-40(59)16-10-35,36-11-17-41(60)18-12-36)37-13-19-42(61)20-14-37/h7-20,25-28,34,43H,2-3,6,21-24,29-33H2,1,4-5H3. The summed E-state index contributed by atoms with van der Waals surface area (Å²) in [6, 6.07) is 30.0. The van der Waals surface area contributed by atoms with Gasteiger partial charge < -0.3 is 33.2 Å². The van der Waals surface area contributed by atoms with Gasteiger partial charge in [-0.05, 0) is 159 Å². The Kier molecular flexibility index (Phi) is 23.0. The van der Waals surface area contributed by atoms with Crippen molar-refractivity contribution in [3.8, 4) is 11.5 Å². The lowest BCUT2D eigenvalue weighted by molar-refractivity contribution is -0.155. The minimum Gasteiger partial charge on any atom is -0.491 e. The van der Waals surface area contributed by atoms with Crippen molar-refractivity contribution >= 4 is 116 Å². The molecular weight excluding hydrogens is 1230 g/mol. The first-order valence-electron chi connectivity index (χ1n) is 22.4. The van der Waals surface area contributed by atoms with Crippen LogP contribution in [0.25, 0.3) is 0 Å². The molecule has 71 heavy (non-hydrogen) atoms. The lowest BCUT2D eigenvalue weighted by atomic mass is 9.67. The van der Waals surface area contributed by atoms with Crippen LogP contribution >= 0.6 is 98.5 Å². The third kappa shape index (κ3) is 16.4. The van der Waals surface area contributed by atoms with Crippen molar-refractivity contribution in [1.29, 1.82) is 0 Å². The van der Waals surface area contributed by atoms with Crippen LogP contribution in [-0.4, -0.2) is 76.9 Å². The lowest BCUT2D eigenvalue weighted by Crippen LogP contribution is -2.36. The Morgan fingerprint density at radius 2 is 0.944 bits per heavy atom. The highest BCUT2D eigenvalue weighted by Gasteiger charge is 2.40. The third-order valence-electron chi connectivity index (χ3n) is 11.5. The van der Waals surface area contributed by atoms with E-state index in [1.807, 2.05) is 60.7 Å². The van der Waals surface area contributed by atoms with Gasteiger partial charge in [0.2, 0.25) is 0 Å². The van der Waals surface area contributed by atoms with Crippen LogP contribution < -0.4 is 9.47 Å². The van der Waals surface area contributed by atoms with Gasteiger partial charge in [0.25, 0.3) is 0 Å². The molecule has 0 saturated heterocycles. The van der Waals surface area contributed by atoms with Gasteiger partial charge in [0.15, 0.2) is 6.10 Å². The Bertz CT molecular complexity index is 2450. The molecule has 0 aliphatic carbocycles. The van der Waals surface area contributed by atoms with E-state index in [9.17, 15) is 14.4 Å². The summed E-state index contributed by atoms with van der Waals surface area (Å²) in [5.74, 6) is -0.374. The normalized spacial score (nSPS) is 12.4. The number of carbonyl (C=O) groups excluding carboxylic acids is 3. The van der Waals surface area contributed by atoms with Crippen molar-refractivity contribution in [3.63, 3.8) is 0 Å². The molecule has 0 N–H and O–H groups in total. The van der Waals surface area contributed by atoms with E-state index in [4.69, 9.17) is 68.0 Å². The first-order valence-corrected chi connectivity index (χ1v) is 26.7. The van der Waals surface area contributed by atoms with Gasteiger partial charge in [0, 0.05) is 38.6 Å². The average molecular weight is 1290 g/mol. The summed E-state index contributed by atoms with van der Waals surface area (Å²) in [6.45, 7) is 14.2. The third-order valence-corrected chi connectivity index (χ3v) is 14.7. The molecule has 0 aromatic heterocycles. The molecule has 2 atom stereocenters. The van der Waals surface area contributed by atoms with Gasteiger partial charge in [0.1, 0.15) is 31.3 Å². The van der Waals surface area contributed by atoms with Crippen LogP contribution in [0.1, 0.15) is 61.4 Å². The zero-order valence-electron chi connectivity index (χ0n) is 39.3. The highest BCUT2D eigenvalue weighted by atomic mass is 79.9. The molecule has 378 valence electrons. The zero-order valence-corrected chi connectivity index (χ0v) is 47.9. The highest BCUT2D eigenvalue weighted by molar-refractivity contribution is 9.11. The number of halogens is 7. The molecule has 0 amide bonds. The first kappa shape index (κ1) is 58.2. The molecule has 2 unspecified atom stereocenters. The van der Waals surface area contributed by atoms with Crippen LogP contribution in [0.4, 0.5) is 0 Å². The van der Waals surface area contributed by atoms with Crippen LogP contribution in [0.2, 0.25) is 15.1 Å². The van der Waals surface area contributed by atoms with E-state index in [1.165, 1.54) is 0 Å². The Morgan fingerprint density at radius 1 is 0.563 bits per heavy atom. The topological polar surface area (TPSA) is 116 Å². The van der Waals surface area contributed by atoms with Crippen molar-refractivity contribution < 1.29 is 47.5 Å². The number of esters is 3. The SMILES string of the molecule is C=CC(=O)OCCOCC(CC)COc1c(Br)cc(C(C)(C)c2cc(Br)c(OCC(COCCOC(=O)C=C)OC(=O)CC(c3ccc(Cl)cc3)(c3ccc(Cl)cc3)c3ccc(Cl)cc3)c(Br)c2)cc1Br. The molecule has 17 heteroatoms. The summed E-state index contributed by atoms with van der Waals surface area (Å²) >= 11 is 34.1. The van der Waals surface area contributed by atoms with Crippen molar-refractivity contribution in [2.75, 3.05) is 52.9 Å². The van der Waals surface area contributed by atoms with E-state index in [-0.39, 0.29) is 52.0 Å². The fourth-order valence-corrected chi connectivity index (χ4v) is 10.7. The van der Waals surface area contributed by atoms with Gasteiger partial charge in [-0.1, -0.05) is 105 Å². The van der Waals surface area contributed by atoms with Gasteiger partial charge in [-0.15, -0.1) is 0 Å². The Balaban J connectivity index is 1.36. The van der Waals surface area contributed by atoms with Crippen molar-refractivity contribution in [1.82, 2.24) is 0 Å². The van der Waals surface area contributed by atoms with E-state index >= 15 is 0 Å². The molecule has 0 heterocycles. The second-order valence-corrected chi connectivity index (χ2v) is 21.4. The Labute approximate surface area is 464 Å². The van der Waals surface area contributed by atoms with E-state index in [2.05, 4.69) is 97.6 Å². The van der Waals surface area contributed by atoms with Crippen LogP contribution in [0.3, 0.4) is 0 Å². The monoisotopic (exact) mass is 1280 g/mol. The maximum absolute atomic E-state index is 14.5. The summed E-state index contributed by atoms with van der Waals surface area (Å²) < 4.78 is 43.6. The highest BCUT2D eigenvalue weighted by Crippen LogP contribution is 2.46. The van der Waals surface area contributed by atoms with Crippen molar-refractivity contribution in [3.05, 3.63) is 183 Å². The number of rotatable bonds is 27. The molecule has 5 rings (SSSR count). The smallest absolute Gasteiger partial charge is 0.330 e. The molecule has 5 aromatic rings. The summed E-state index contributed by atoms with van der Waals surface area (Å²) in [5, 5.41) is 1.60. The Morgan fingerprint density at radius 3 is 1.32 bits per heavy atom. The van der Waals surface area contributed by atoms with E-state index in [1.54, 1.807) is 36.4 Å². The lowest BCUT2D eigenvalue weighted by Gasteiger charge is -2.36. The van der Waals surface area contributed by atoms with Gasteiger partial charge in [-0.3, -0.25) is 4.79 Å². The van der Waals surface area contributed by atoms with Gasteiger partial charge in [-0.2, -0.15) is 0 Å². The molecule has 0 aliphatic heterocycles. The molecule has 0 aliphatic rings. The molecule has 0 bridgehead atoms. The molecule has 5 aromatic carbocycles. The molecular formula is C54H53Br4Cl3O10. The Hall–Kier alpha value is -3.70. The number of ether oxygens (including phenoxy) is 7. The van der Waals surface area contributed by atoms with Gasteiger partial charge in [-0.25, -0.2) is 9.59 Å². The second kappa shape index (κ2) is 28.1. The first-order chi connectivity index (χ1) is 33.9. The summed E-state index contributed by atoms with van der Waals surface area (Å²) in [7, 11) is 0. The molecule has 0 radical (unpaired) electrons. The quantitative estimate of drug-likeness (QED) is 0.0165. The predicted molar refractivity (Wildman–Crippen MR) is 293 cm³/mol. The van der Waals surface area contributed by atoms with Crippen LogP contribution in [0.5, 0.6) is 11.5 Å². The number of carbonyl (C=O) groups is 3. The molecule has 0 spiro atoms. The minimum atomic E-state index is -1.07. The average Bonchev–Trinajstić information content (AvgIpc) is 3.34. The van der Waals surface area contributed by atoms with E-state index < -0.39 is 34.8 Å². The summed E-state index contributed by atoms with van der Waals surface area (Å²) in [4.78, 5) is 37.5. The zero-order chi connectivity index (χ0) is 51.7.